The van der Waals surface area contributed by atoms with E-state index in [2.05, 4.69) is 31.7 Å². The van der Waals surface area contributed by atoms with Gasteiger partial charge in [-0.2, -0.15) is 0 Å². The minimum Gasteiger partial charge on any atom is -0.378 e. The second kappa shape index (κ2) is 6.70. The number of morpholine rings is 1. The zero-order chi connectivity index (χ0) is 15.4. The highest BCUT2D eigenvalue weighted by atomic mass is 16.5. The minimum atomic E-state index is 0.147. The molecule has 0 aromatic carbocycles. The lowest BCUT2D eigenvalue weighted by molar-refractivity contribution is 0.122. The first-order chi connectivity index (χ1) is 10.8. The van der Waals surface area contributed by atoms with E-state index in [4.69, 9.17) is 4.74 Å². The normalized spacial score (nSPS) is 16.4. The molecule has 0 amide bonds. The van der Waals surface area contributed by atoms with Crippen LogP contribution in [0.3, 0.4) is 0 Å². The van der Waals surface area contributed by atoms with Crippen molar-refractivity contribution in [3.63, 3.8) is 0 Å². The third kappa shape index (κ3) is 3.17. The van der Waals surface area contributed by atoms with Crippen LogP contribution in [0.15, 0.2) is 36.8 Å². The molecule has 6 nitrogen and oxygen atoms in total. The smallest absolute Gasteiger partial charge is 0.134 e. The fourth-order valence-electron chi connectivity index (χ4n) is 2.52. The Kier molecular flexibility index (Phi) is 4.48. The summed E-state index contributed by atoms with van der Waals surface area (Å²) in [5.74, 6) is 1.85. The number of ether oxygens (including phenoxy) is 1. The fraction of sp³-hybridized carbons (Fsp3) is 0.438. The van der Waals surface area contributed by atoms with E-state index >= 15 is 0 Å². The molecule has 0 N–H and O–H groups in total. The van der Waals surface area contributed by atoms with E-state index in [1.54, 1.807) is 6.33 Å². The molecule has 1 fully saturated rings. The van der Waals surface area contributed by atoms with Crippen molar-refractivity contribution in [3.05, 3.63) is 42.5 Å². The zero-order valence-electron chi connectivity index (χ0n) is 13.0. The van der Waals surface area contributed by atoms with Gasteiger partial charge in [0.05, 0.1) is 24.9 Å². The summed E-state index contributed by atoms with van der Waals surface area (Å²) in [6.45, 7) is 5.36. The summed E-state index contributed by atoms with van der Waals surface area (Å²) in [6, 6.07) is 8.15. The summed E-state index contributed by atoms with van der Waals surface area (Å²) in [4.78, 5) is 17.6. The number of nitrogens with zero attached hydrogens (tertiary/aromatic N) is 5. The number of anilines is 2. The molecule has 3 heterocycles. The Bertz CT molecular complexity index is 600. The molecule has 1 unspecified atom stereocenters. The molecule has 0 spiro atoms. The second-order valence-corrected chi connectivity index (χ2v) is 5.38. The van der Waals surface area contributed by atoms with Gasteiger partial charge in [-0.15, -0.1) is 0 Å². The first-order valence-electron chi connectivity index (χ1n) is 7.54. The average molecular weight is 299 g/mol. The van der Waals surface area contributed by atoms with Gasteiger partial charge in [-0.05, 0) is 19.1 Å². The van der Waals surface area contributed by atoms with Crippen molar-refractivity contribution in [2.24, 2.45) is 0 Å². The van der Waals surface area contributed by atoms with Gasteiger partial charge in [-0.1, -0.05) is 6.07 Å². The summed E-state index contributed by atoms with van der Waals surface area (Å²) in [5, 5.41) is 0. The molecule has 1 atom stereocenters. The van der Waals surface area contributed by atoms with E-state index in [1.165, 1.54) is 0 Å². The SMILES string of the molecule is CC(c1ccccn1)N(C)c1cc(N2CCOCC2)ncn1. The molecule has 0 aliphatic carbocycles. The molecule has 6 heteroatoms. The highest BCUT2D eigenvalue weighted by Gasteiger charge is 2.17. The van der Waals surface area contributed by atoms with E-state index in [1.807, 2.05) is 37.5 Å². The minimum absolute atomic E-state index is 0.147. The van der Waals surface area contributed by atoms with E-state index in [0.29, 0.717) is 0 Å². The first kappa shape index (κ1) is 14.7. The summed E-state index contributed by atoms with van der Waals surface area (Å²) in [6.07, 6.45) is 3.45. The predicted octanol–water partition coefficient (Wildman–Crippen LogP) is 1.91. The molecular formula is C16H21N5O. The molecule has 0 saturated carbocycles. The molecule has 1 saturated heterocycles. The Morgan fingerprint density at radius 3 is 2.73 bits per heavy atom. The van der Waals surface area contributed by atoms with Gasteiger partial charge in [0.1, 0.15) is 18.0 Å². The lowest BCUT2D eigenvalue weighted by atomic mass is 10.2. The van der Waals surface area contributed by atoms with Crippen LogP contribution in [0.25, 0.3) is 0 Å². The molecule has 2 aromatic heterocycles. The lowest BCUT2D eigenvalue weighted by Gasteiger charge is -2.29. The van der Waals surface area contributed by atoms with Crippen LogP contribution in [-0.4, -0.2) is 48.3 Å². The zero-order valence-corrected chi connectivity index (χ0v) is 13.0. The van der Waals surface area contributed by atoms with Crippen molar-refractivity contribution in [1.29, 1.82) is 0 Å². The molecular weight excluding hydrogens is 278 g/mol. The van der Waals surface area contributed by atoms with E-state index < -0.39 is 0 Å². The largest absolute Gasteiger partial charge is 0.378 e. The van der Waals surface area contributed by atoms with Crippen LogP contribution in [0.1, 0.15) is 18.7 Å². The maximum Gasteiger partial charge on any atom is 0.134 e. The van der Waals surface area contributed by atoms with Gasteiger partial charge in [0, 0.05) is 32.4 Å². The molecule has 2 aromatic rings. The monoisotopic (exact) mass is 299 g/mol. The summed E-state index contributed by atoms with van der Waals surface area (Å²) < 4.78 is 5.39. The Hall–Kier alpha value is -2.21. The van der Waals surface area contributed by atoms with E-state index in [9.17, 15) is 0 Å². The third-order valence-electron chi connectivity index (χ3n) is 4.03. The van der Waals surface area contributed by atoms with Gasteiger partial charge in [0.15, 0.2) is 0 Å². The highest BCUT2D eigenvalue weighted by molar-refractivity contribution is 5.50. The van der Waals surface area contributed by atoms with E-state index in [0.717, 1.165) is 43.6 Å². The number of aromatic nitrogens is 3. The van der Waals surface area contributed by atoms with Crippen molar-refractivity contribution < 1.29 is 4.74 Å². The Morgan fingerprint density at radius 1 is 1.18 bits per heavy atom. The topological polar surface area (TPSA) is 54.4 Å². The van der Waals surface area contributed by atoms with Gasteiger partial charge in [0.25, 0.3) is 0 Å². The van der Waals surface area contributed by atoms with Crippen molar-refractivity contribution in [3.8, 4) is 0 Å². The second-order valence-electron chi connectivity index (χ2n) is 5.38. The van der Waals surface area contributed by atoms with Crippen LogP contribution >= 0.6 is 0 Å². The maximum atomic E-state index is 5.39. The van der Waals surface area contributed by atoms with Crippen molar-refractivity contribution in [1.82, 2.24) is 15.0 Å². The van der Waals surface area contributed by atoms with Crippen LogP contribution in [0.4, 0.5) is 11.6 Å². The van der Waals surface area contributed by atoms with Crippen LogP contribution < -0.4 is 9.80 Å². The van der Waals surface area contributed by atoms with Gasteiger partial charge in [0.2, 0.25) is 0 Å². The van der Waals surface area contributed by atoms with Crippen LogP contribution in [0.2, 0.25) is 0 Å². The van der Waals surface area contributed by atoms with Gasteiger partial charge >= 0.3 is 0 Å². The molecule has 0 bridgehead atoms. The lowest BCUT2D eigenvalue weighted by Crippen LogP contribution is -2.37. The third-order valence-corrected chi connectivity index (χ3v) is 4.03. The summed E-state index contributed by atoms with van der Waals surface area (Å²) >= 11 is 0. The van der Waals surface area contributed by atoms with Gasteiger partial charge in [-0.3, -0.25) is 4.98 Å². The number of rotatable bonds is 4. The summed E-state index contributed by atoms with van der Waals surface area (Å²) in [5.41, 5.74) is 1.02. The molecule has 22 heavy (non-hydrogen) atoms. The van der Waals surface area contributed by atoms with Crippen LogP contribution in [0, 0.1) is 0 Å². The standard InChI is InChI=1S/C16H21N5O/c1-13(14-5-3-4-6-17-14)20(2)15-11-16(19-12-18-15)21-7-9-22-10-8-21/h3-6,11-13H,7-10H2,1-2H3. The first-order valence-corrected chi connectivity index (χ1v) is 7.54. The fourth-order valence-corrected chi connectivity index (χ4v) is 2.52. The van der Waals surface area contributed by atoms with Crippen LogP contribution in [-0.2, 0) is 4.74 Å². The molecule has 0 radical (unpaired) electrons. The van der Waals surface area contributed by atoms with Crippen molar-refractivity contribution >= 4 is 11.6 Å². The molecule has 1 aliphatic heterocycles. The average Bonchev–Trinajstić information content (AvgIpc) is 2.62. The van der Waals surface area contributed by atoms with Crippen molar-refractivity contribution in [2.75, 3.05) is 43.2 Å². The Labute approximate surface area is 130 Å². The van der Waals surface area contributed by atoms with Gasteiger partial charge in [-0.25, -0.2) is 9.97 Å². The predicted molar refractivity (Wildman–Crippen MR) is 86.1 cm³/mol. The maximum absolute atomic E-state index is 5.39. The molecule has 1 aliphatic rings. The molecule has 3 rings (SSSR count). The van der Waals surface area contributed by atoms with Crippen molar-refractivity contribution in [2.45, 2.75) is 13.0 Å². The number of pyridine rings is 1. The number of hydrogen-bond acceptors (Lipinski definition) is 6. The summed E-state index contributed by atoms with van der Waals surface area (Å²) in [7, 11) is 2.03. The Balaban J connectivity index is 1.79. The van der Waals surface area contributed by atoms with Gasteiger partial charge < -0.3 is 14.5 Å². The quantitative estimate of drug-likeness (QED) is 0.859. The Morgan fingerprint density at radius 2 is 2.00 bits per heavy atom. The molecule has 116 valence electrons. The van der Waals surface area contributed by atoms with E-state index in [-0.39, 0.29) is 6.04 Å². The highest BCUT2D eigenvalue weighted by Crippen LogP contribution is 2.24. The number of hydrogen-bond donors (Lipinski definition) is 0. The van der Waals surface area contributed by atoms with Crippen LogP contribution in [0.5, 0.6) is 0 Å².